The summed E-state index contributed by atoms with van der Waals surface area (Å²) in [5.41, 5.74) is 4.97. The van der Waals surface area contributed by atoms with E-state index in [-0.39, 0.29) is 11.7 Å². The molecule has 31 heavy (non-hydrogen) atoms. The first-order valence-electron chi connectivity index (χ1n) is 10.3. The van der Waals surface area contributed by atoms with E-state index in [2.05, 4.69) is 12.1 Å². The molecule has 3 aromatic carbocycles. The summed E-state index contributed by atoms with van der Waals surface area (Å²) in [5.74, 6) is 0.0560. The number of ether oxygens (including phenoxy) is 2. The van der Waals surface area contributed by atoms with Gasteiger partial charge in [-0.15, -0.1) is 0 Å². The van der Waals surface area contributed by atoms with E-state index in [1.807, 2.05) is 30.3 Å². The fourth-order valence-electron chi connectivity index (χ4n) is 4.89. The zero-order chi connectivity index (χ0) is 21.7. The van der Waals surface area contributed by atoms with Crippen molar-refractivity contribution in [1.82, 2.24) is 0 Å². The first kappa shape index (κ1) is 19.7. The molecule has 1 fully saturated rings. The number of fused-ring (bicyclic) bond motifs is 3. The third-order valence-electron chi connectivity index (χ3n) is 6.58. The summed E-state index contributed by atoms with van der Waals surface area (Å²) in [6.45, 7) is 1.96. The Labute approximate surface area is 179 Å². The predicted octanol–water partition coefficient (Wildman–Crippen LogP) is 5.61. The summed E-state index contributed by atoms with van der Waals surface area (Å²) in [6, 6.07) is 14.9. The summed E-state index contributed by atoms with van der Waals surface area (Å²) in [5, 5.41) is 0. The van der Waals surface area contributed by atoms with E-state index >= 15 is 0 Å². The van der Waals surface area contributed by atoms with Gasteiger partial charge in [-0.2, -0.15) is 0 Å². The molecule has 0 aliphatic heterocycles. The molecule has 2 aliphatic rings. The molecule has 0 saturated heterocycles. The molecule has 2 aliphatic carbocycles. The lowest BCUT2D eigenvalue weighted by molar-refractivity contribution is -0.109. The lowest BCUT2D eigenvalue weighted by Gasteiger charge is -2.13. The summed E-state index contributed by atoms with van der Waals surface area (Å²) in [4.78, 5) is 11.1. The van der Waals surface area contributed by atoms with Crippen LogP contribution in [0.2, 0.25) is 0 Å². The van der Waals surface area contributed by atoms with Crippen LogP contribution in [0.3, 0.4) is 0 Å². The second-order valence-corrected chi connectivity index (χ2v) is 8.34. The van der Waals surface area contributed by atoms with Crippen LogP contribution in [0.5, 0.6) is 11.5 Å². The van der Waals surface area contributed by atoms with Crippen molar-refractivity contribution in [2.75, 3.05) is 7.11 Å². The van der Waals surface area contributed by atoms with Crippen LogP contribution in [-0.2, 0) is 17.8 Å². The van der Waals surface area contributed by atoms with Crippen LogP contribution in [0.4, 0.5) is 8.78 Å². The van der Waals surface area contributed by atoms with Crippen LogP contribution < -0.4 is 9.47 Å². The van der Waals surface area contributed by atoms with Crippen molar-refractivity contribution < 1.29 is 23.0 Å². The van der Waals surface area contributed by atoms with Gasteiger partial charge < -0.3 is 14.3 Å². The highest BCUT2D eigenvalue weighted by Crippen LogP contribution is 2.60. The van der Waals surface area contributed by atoms with Crippen molar-refractivity contribution in [2.24, 2.45) is 11.8 Å². The van der Waals surface area contributed by atoms with E-state index in [9.17, 15) is 13.6 Å². The number of hydrogen-bond donors (Lipinski definition) is 0. The maximum absolute atomic E-state index is 14.5. The van der Waals surface area contributed by atoms with Gasteiger partial charge in [0.2, 0.25) is 0 Å². The normalized spacial score (nSPS) is 20.7. The molecule has 0 unspecified atom stereocenters. The van der Waals surface area contributed by atoms with Gasteiger partial charge in [-0.25, -0.2) is 8.78 Å². The largest absolute Gasteiger partial charge is 0.491 e. The highest BCUT2D eigenvalue weighted by atomic mass is 19.1. The number of benzene rings is 3. The predicted molar refractivity (Wildman–Crippen MR) is 113 cm³/mol. The second kappa shape index (κ2) is 7.49. The lowest BCUT2D eigenvalue weighted by Crippen LogP contribution is -2.00. The van der Waals surface area contributed by atoms with Gasteiger partial charge in [0.05, 0.1) is 7.11 Å². The Morgan fingerprint density at radius 2 is 1.97 bits per heavy atom. The lowest BCUT2D eigenvalue weighted by atomic mass is 9.98. The number of methoxy groups -OCH3 is 1. The third kappa shape index (κ3) is 3.29. The van der Waals surface area contributed by atoms with E-state index in [0.717, 1.165) is 24.0 Å². The van der Waals surface area contributed by atoms with E-state index in [1.165, 1.54) is 24.3 Å². The zero-order valence-electron chi connectivity index (χ0n) is 17.3. The summed E-state index contributed by atoms with van der Waals surface area (Å²) < 4.78 is 39.5. The molecule has 0 N–H and O–H groups in total. The zero-order valence-corrected chi connectivity index (χ0v) is 17.3. The third-order valence-corrected chi connectivity index (χ3v) is 6.58. The van der Waals surface area contributed by atoms with Crippen molar-refractivity contribution in [1.29, 1.82) is 0 Å². The first-order chi connectivity index (χ1) is 15.0. The van der Waals surface area contributed by atoms with Crippen molar-refractivity contribution in [3.8, 4) is 22.6 Å². The van der Waals surface area contributed by atoms with E-state index in [4.69, 9.17) is 9.47 Å². The van der Waals surface area contributed by atoms with Gasteiger partial charge in [0.15, 0.2) is 17.4 Å². The highest BCUT2D eigenvalue weighted by molar-refractivity contribution is 5.69. The van der Waals surface area contributed by atoms with Gasteiger partial charge in [-0.1, -0.05) is 24.3 Å². The van der Waals surface area contributed by atoms with Gasteiger partial charge in [0.25, 0.3) is 0 Å². The maximum Gasteiger partial charge on any atom is 0.190 e. The van der Waals surface area contributed by atoms with Gasteiger partial charge in [-0.05, 0) is 82.8 Å². The van der Waals surface area contributed by atoms with Gasteiger partial charge >= 0.3 is 0 Å². The van der Waals surface area contributed by atoms with Gasteiger partial charge in [-0.3, -0.25) is 0 Å². The summed E-state index contributed by atoms with van der Waals surface area (Å²) in [6.07, 6.45) is 2.02. The van der Waals surface area contributed by atoms with Crippen LogP contribution in [-0.4, -0.2) is 13.4 Å². The number of rotatable bonds is 6. The molecule has 0 heterocycles. The topological polar surface area (TPSA) is 35.5 Å². The average Bonchev–Trinajstić information content (AvgIpc) is 3.34. The standard InChI is InChI=1S/C26H22F2O3/c1-14-20(11-23(27)26(30-2)25(14)28)16-5-3-4-15(8-16)13-31-18-6-7-19-17(9-18)10-21-22(12-29)24(19)21/h3-9,11-12,21-22,24H,10,13H2,1-2H3/t21-,22-,24-/m0/s1. The summed E-state index contributed by atoms with van der Waals surface area (Å²) in [7, 11) is 1.25. The molecule has 3 aromatic rings. The Kier molecular flexibility index (Phi) is 4.77. The Morgan fingerprint density at radius 1 is 1.13 bits per heavy atom. The van der Waals surface area contributed by atoms with Crippen LogP contribution >= 0.6 is 0 Å². The molecule has 5 rings (SSSR count). The molecule has 0 amide bonds. The summed E-state index contributed by atoms with van der Waals surface area (Å²) >= 11 is 0. The first-order valence-corrected chi connectivity index (χ1v) is 10.3. The second-order valence-electron chi connectivity index (χ2n) is 8.34. The molecule has 3 atom stereocenters. The van der Waals surface area contributed by atoms with E-state index in [1.54, 1.807) is 6.92 Å². The number of hydrogen-bond acceptors (Lipinski definition) is 3. The van der Waals surface area contributed by atoms with Crippen LogP contribution in [0, 0.1) is 30.4 Å². The van der Waals surface area contributed by atoms with Crippen molar-refractivity contribution in [3.05, 3.63) is 82.4 Å². The molecule has 0 radical (unpaired) electrons. The molecule has 3 nitrogen and oxygen atoms in total. The van der Waals surface area contributed by atoms with E-state index in [0.29, 0.717) is 35.1 Å². The Hall–Kier alpha value is -3.21. The molecular formula is C26H22F2O3. The van der Waals surface area contributed by atoms with Crippen LogP contribution in [0.25, 0.3) is 11.1 Å². The molecule has 5 heteroatoms. The Bertz CT molecular complexity index is 1190. The minimum Gasteiger partial charge on any atom is -0.491 e. The molecule has 158 valence electrons. The smallest absolute Gasteiger partial charge is 0.190 e. The molecule has 1 saturated carbocycles. The number of carbonyl (C=O) groups is 1. The quantitative estimate of drug-likeness (QED) is 0.486. The maximum atomic E-state index is 14.5. The van der Waals surface area contributed by atoms with Gasteiger partial charge in [0, 0.05) is 5.92 Å². The average molecular weight is 420 g/mol. The molecule has 0 aromatic heterocycles. The SMILES string of the molecule is COc1c(F)cc(-c2cccc(COc3ccc4c(c3)C[C@H]3[C@H](C=O)[C@@H]43)c2)c(C)c1F. The van der Waals surface area contributed by atoms with Gasteiger partial charge in [0.1, 0.15) is 18.6 Å². The number of carbonyl (C=O) groups excluding carboxylic acids is 1. The van der Waals surface area contributed by atoms with Crippen molar-refractivity contribution >= 4 is 6.29 Å². The highest BCUT2D eigenvalue weighted by Gasteiger charge is 2.55. The minimum absolute atomic E-state index is 0.193. The molecule has 0 bridgehead atoms. The fourth-order valence-corrected chi connectivity index (χ4v) is 4.89. The minimum atomic E-state index is -0.727. The van der Waals surface area contributed by atoms with E-state index < -0.39 is 11.6 Å². The molecule has 0 spiro atoms. The number of halogens is 2. The van der Waals surface area contributed by atoms with Crippen LogP contribution in [0.15, 0.2) is 48.5 Å². The van der Waals surface area contributed by atoms with Crippen LogP contribution in [0.1, 0.15) is 28.2 Å². The van der Waals surface area contributed by atoms with Crippen molar-refractivity contribution in [3.63, 3.8) is 0 Å². The number of aldehydes is 1. The monoisotopic (exact) mass is 420 g/mol. The fraction of sp³-hybridized carbons (Fsp3) is 0.269. The molecular weight excluding hydrogens is 398 g/mol. The Balaban J connectivity index is 1.34. The van der Waals surface area contributed by atoms with Crippen molar-refractivity contribution in [2.45, 2.75) is 25.9 Å². The Morgan fingerprint density at radius 3 is 2.74 bits per heavy atom.